The Balaban J connectivity index is 1.81. The molecule has 152 valence electrons. The van der Waals surface area contributed by atoms with E-state index in [-0.39, 0.29) is 12.0 Å². The standard InChI is InChI=1S/C17H24O10/c1-6-9(19)3-7-8(15(23)24-2)5-25-16(11(6)7)27-17-14(22)13(21)12(20)10(4-18)26-17/h5,7,9-14,16-22H,1,3-4H2,2H3/t7-,9-,10+,11+,12+,13-,14+,16-,17-/m0/s1. The highest BCUT2D eigenvalue weighted by molar-refractivity contribution is 5.89. The summed E-state index contributed by atoms with van der Waals surface area (Å²) in [5.41, 5.74) is 0.623. The van der Waals surface area contributed by atoms with Crippen LogP contribution in [0.4, 0.5) is 0 Å². The summed E-state index contributed by atoms with van der Waals surface area (Å²) in [5.74, 6) is -1.69. The molecule has 9 atom stereocenters. The number of fused-ring (bicyclic) bond motifs is 1. The molecule has 0 amide bonds. The van der Waals surface area contributed by atoms with Crippen molar-refractivity contribution in [3.05, 3.63) is 24.0 Å². The summed E-state index contributed by atoms with van der Waals surface area (Å²) in [7, 11) is 1.23. The van der Waals surface area contributed by atoms with Gasteiger partial charge in [0.25, 0.3) is 0 Å². The molecule has 1 aliphatic carbocycles. The fourth-order valence-electron chi connectivity index (χ4n) is 3.76. The van der Waals surface area contributed by atoms with Gasteiger partial charge >= 0.3 is 5.97 Å². The van der Waals surface area contributed by atoms with Gasteiger partial charge < -0.3 is 44.5 Å². The van der Waals surface area contributed by atoms with Gasteiger partial charge in [-0.05, 0) is 12.0 Å². The Labute approximate surface area is 155 Å². The number of methoxy groups -OCH3 is 1. The van der Waals surface area contributed by atoms with Gasteiger partial charge in [0.15, 0.2) is 6.29 Å². The molecule has 0 spiro atoms. The van der Waals surface area contributed by atoms with Gasteiger partial charge in [-0.1, -0.05) is 6.58 Å². The van der Waals surface area contributed by atoms with E-state index < -0.39 is 67.5 Å². The van der Waals surface area contributed by atoms with E-state index in [1.165, 1.54) is 13.4 Å². The lowest BCUT2D eigenvalue weighted by Gasteiger charge is -2.42. The summed E-state index contributed by atoms with van der Waals surface area (Å²) in [4.78, 5) is 12.0. The second-order valence-electron chi connectivity index (χ2n) is 6.86. The van der Waals surface area contributed by atoms with Crippen molar-refractivity contribution in [2.75, 3.05) is 13.7 Å². The molecule has 0 radical (unpaired) electrons. The first-order chi connectivity index (χ1) is 12.8. The lowest BCUT2D eigenvalue weighted by atomic mass is 9.85. The average molecular weight is 388 g/mol. The van der Waals surface area contributed by atoms with Crippen molar-refractivity contribution in [1.82, 2.24) is 0 Å². The largest absolute Gasteiger partial charge is 0.471 e. The highest BCUT2D eigenvalue weighted by Crippen LogP contribution is 2.46. The van der Waals surface area contributed by atoms with E-state index in [2.05, 4.69) is 6.58 Å². The van der Waals surface area contributed by atoms with Gasteiger partial charge in [0.05, 0.1) is 37.6 Å². The number of carbonyl (C=O) groups excluding carboxylic acids is 1. The van der Waals surface area contributed by atoms with Crippen LogP contribution in [-0.2, 0) is 23.7 Å². The Hall–Kier alpha value is -1.53. The first-order valence-corrected chi connectivity index (χ1v) is 8.56. The fraction of sp³-hybridized carbons (Fsp3) is 0.706. The zero-order chi connectivity index (χ0) is 19.9. The summed E-state index contributed by atoms with van der Waals surface area (Å²) in [6, 6.07) is 0. The van der Waals surface area contributed by atoms with E-state index >= 15 is 0 Å². The number of hydrogen-bond acceptors (Lipinski definition) is 10. The number of hydrogen-bond donors (Lipinski definition) is 5. The van der Waals surface area contributed by atoms with E-state index in [9.17, 15) is 30.3 Å². The Morgan fingerprint density at radius 1 is 1.22 bits per heavy atom. The maximum atomic E-state index is 12.0. The number of ether oxygens (including phenoxy) is 4. The van der Waals surface area contributed by atoms with E-state index in [1.807, 2.05) is 0 Å². The second kappa shape index (κ2) is 7.84. The maximum Gasteiger partial charge on any atom is 0.337 e. The molecule has 0 aromatic heterocycles. The Bertz CT molecular complexity index is 617. The number of esters is 1. The highest BCUT2D eigenvalue weighted by atomic mass is 16.8. The summed E-state index contributed by atoms with van der Waals surface area (Å²) in [6.07, 6.45) is -7.82. The third kappa shape index (κ3) is 3.49. The van der Waals surface area contributed by atoms with Crippen molar-refractivity contribution in [1.29, 1.82) is 0 Å². The van der Waals surface area contributed by atoms with Crippen molar-refractivity contribution in [3.63, 3.8) is 0 Å². The van der Waals surface area contributed by atoms with Gasteiger partial charge in [0, 0.05) is 5.92 Å². The normalized spacial score (nSPS) is 44.3. The minimum absolute atomic E-state index is 0.225. The Morgan fingerprint density at radius 2 is 1.93 bits per heavy atom. The van der Waals surface area contributed by atoms with E-state index in [1.54, 1.807) is 0 Å². The molecule has 5 N–H and O–H groups in total. The molecule has 0 bridgehead atoms. The minimum Gasteiger partial charge on any atom is -0.471 e. The molecule has 1 saturated carbocycles. The van der Waals surface area contributed by atoms with Crippen LogP contribution in [0.3, 0.4) is 0 Å². The Kier molecular flexibility index (Phi) is 5.87. The molecule has 0 aromatic carbocycles. The van der Waals surface area contributed by atoms with Gasteiger partial charge in [-0.15, -0.1) is 0 Å². The van der Waals surface area contributed by atoms with Crippen LogP contribution >= 0.6 is 0 Å². The van der Waals surface area contributed by atoms with Crippen molar-refractivity contribution < 1.29 is 49.3 Å². The van der Waals surface area contributed by atoms with Crippen LogP contribution in [0.15, 0.2) is 24.0 Å². The fourth-order valence-corrected chi connectivity index (χ4v) is 3.76. The average Bonchev–Trinajstić information content (AvgIpc) is 2.96. The van der Waals surface area contributed by atoms with Crippen LogP contribution in [0.1, 0.15) is 6.42 Å². The summed E-state index contributed by atoms with van der Waals surface area (Å²) in [5, 5.41) is 49.3. The van der Waals surface area contributed by atoms with Crippen LogP contribution in [0.25, 0.3) is 0 Å². The molecule has 1 saturated heterocycles. The molecule has 2 heterocycles. The molecule has 3 aliphatic rings. The molecular weight excluding hydrogens is 364 g/mol. The zero-order valence-electron chi connectivity index (χ0n) is 14.7. The molecule has 0 unspecified atom stereocenters. The van der Waals surface area contributed by atoms with E-state index in [4.69, 9.17) is 18.9 Å². The summed E-state index contributed by atoms with van der Waals surface area (Å²) >= 11 is 0. The van der Waals surface area contributed by atoms with Crippen molar-refractivity contribution in [2.24, 2.45) is 11.8 Å². The first kappa shape index (κ1) is 20.2. The summed E-state index contributed by atoms with van der Waals surface area (Å²) < 4.78 is 21.2. The number of aliphatic hydroxyl groups is 5. The van der Waals surface area contributed by atoms with Gasteiger partial charge in [-0.2, -0.15) is 0 Å². The van der Waals surface area contributed by atoms with Crippen LogP contribution in [0, 0.1) is 11.8 Å². The number of aliphatic hydroxyl groups excluding tert-OH is 5. The molecule has 27 heavy (non-hydrogen) atoms. The van der Waals surface area contributed by atoms with Gasteiger partial charge in [0.1, 0.15) is 24.4 Å². The van der Waals surface area contributed by atoms with Crippen LogP contribution in [0.5, 0.6) is 0 Å². The van der Waals surface area contributed by atoms with Crippen LogP contribution in [-0.4, -0.2) is 88.3 Å². The minimum atomic E-state index is -1.60. The van der Waals surface area contributed by atoms with Crippen LogP contribution < -0.4 is 0 Å². The smallest absolute Gasteiger partial charge is 0.337 e. The molecule has 2 aliphatic heterocycles. The molecule has 3 rings (SSSR count). The van der Waals surface area contributed by atoms with E-state index in [0.717, 1.165) is 0 Å². The lowest BCUT2D eigenvalue weighted by molar-refractivity contribution is -0.339. The monoisotopic (exact) mass is 388 g/mol. The zero-order valence-corrected chi connectivity index (χ0v) is 14.7. The van der Waals surface area contributed by atoms with Crippen molar-refractivity contribution in [2.45, 2.75) is 49.5 Å². The van der Waals surface area contributed by atoms with Crippen LogP contribution in [0.2, 0.25) is 0 Å². The molecule has 2 fully saturated rings. The summed E-state index contributed by atoms with van der Waals surface area (Å²) in [6.45, 7) is 3.24. The van der Waals surface area contributed by atoms with Gasteiger partial charge in [0.2, 0.25) is 6.29 Å². The molecule has 10 nitrogen and oxygen atoms in total. The second-order valence-corrected chi connectivity index (χ2v) is 6.86. The number of carbonyl (C=O) groups is 1. The van der Waals surface area contributed by atoms with Gasteiger partial charge in [-0.25, -0.2) is 4.79 Å². The predicted octanol–water partition coefficient (Wildman–Crippen LogP) is -2.23. The lowest BCUT2D eigenvalue weighted by Crippen LogP contribution is -2.60. The molecular formula is C17H24O10. The molecule has 10 heteroatoms. The Morgan fingerprint density at radius 3 is 2.56 bits per heavy atom. The first-order valence-electron chi connectivity index (χ1n) is 8.56. The van der Waals surface area contributed by atoms with Gasteiger partial charge in [-0.3, -0.25) is 0 Å². The predicted molar refractivity (Wildman–Crippen MR) is 86.6 cm³/mol. The number of rotatable bonds is 4. The topological polar surface area (TPSA) is 155 Å². The van der Waals surface area contributed by atoms with Crippen molar-refractivity contribution in [3.8, 4) is 0 Å². The third-order valence-electron chi connectivity index (χ3n) is 5.33. The maximum absolute atomic E-state index is 12.0. The van der Waals surface area contributed by atoms with Crippen molar-refractivity contribution >= 4 is 5.97 Å². The van der Waals surface area contributed by atoms with E-state index in [0.29, 0.717) is 5.57 Å². The quantitative estimate of drug-likeness (QED) is 0.264. The highest BCUT2D eigenvalue weighted by Gasteiger charge is 2.52. The molecule has 0 aromatic rings. The SMILES string of the molecule is C=C1[C@H]2[C@H](O[C@@H]3O[C@H](CO)[C@@H](O)[C@H](O)[C@H]3O)OC=C(C(=O)OC)[C@@H]2C[C@@H]1O. The third-order valence-corrected chi connectivity index (χ3v) is 5.33.